The third-order valence-electron chi connectivity index (χ3n) is 4.08. The minimum atomic E-state index is -0.480. The first-order chi connectivity index (χ1) is 11.3. The predicted molar refractivity (Wildman–Crippen MR) is 96.0 cm³/mol. The number of hydrogen-bond acceptors (Lipinski definition) is 3. The Bertz CT molecular complexity index is 747. The maximum atomic E-state index is 12.9. The van der Waals surface area contributed by atoms with Crippen LogP contribution in [0.15, 0.2) is 41.1 Å². The van der Waals surface area contributed by atoms with E-state index < -0.39 is 6.04 Å². The van der Waals surface area contributed by atoms with E-state index in [1.807, 2.05) is 61.9 Å². The van der Waals surface area contributed by atoms with E-state index in [0.29, 0.717) is 18.5 Å². The maximum Gasteiger partial charge on any atom is 0.255 e. The predicted octanol–water partition coefficient (Wildman–Crippen LogP) is 3.23. The quantitative estimate of drug-likeness (QED) is 0.911. The molecule has 1 N–H and O–H groups in total. The zero-order valence-corrected chi connectivity index (χ0v) is 15.0. The number of nitrogens with zero attached hydrogens (tertiary/aromatic N) is 1. The van der Waals surface area contributed by atoms with Crippen LogP contribution in [-0.2, 0) is 17.8 Å². The molecule has 2 heterocycles. The van der Waals surface area contributed by atoms with Crippen LogP contribution in [0, 0.1) is 0 Å². The third-order valence-corrected chi connectivity index (χ3v) is 4.76. The SMILES string of the molecule is CC(C)(C)NC(=O)[C@@H]1Cc2ccccc2CN1C(=O)c1ccsc1. The molecule has 1 atom stereocenters. The number of hydrogen-bond donors (Lipinski definition) is 1. The zero-order chi connectivity index (χ0) is 17.3. The van der Waals surface area contributed by atoms with Gasteiger partial charge < -0.3 is 10.2 Å². The van der Waals surface area contributed by atoms with E-state index in [2.05, 4.69) is 5.32 Å². The van der Waals surface area contributed by atoms with Crippen molar-refractivity contribution in [1.82, 2.24) is 10.2 Å². The summed E-state index contributed by atoms with van der Waals surface area (Å²) in [7, 11) is 0. The lowest BCUT2D eigenvalue weighted by Gasteiger charge is -2.37. The normalized spacial score (nSPS) is 17.3. The lowest BCUT2D eigenvalue weighted by molar-refractivity contribution is -0.127. The molecule has 1 aromatic heterocycles. The number of carbonyl (C=O) groups is 2. The smallest absolute Gasteiger partial charge is 0.255 e. The van der Waals surface area contributed by atoms with E-state index >= 15 is 0 Å². The largest absolute Gasteiger partial charge is 0.350 e. The summed E-state index contributed by atoms with van der Waals surface area (Å²) >= 11 is 1.49. The van der Waals surface area contributed by atoms with Crippen LogP contribution in [0.25, 0.3) is 0 Å². The second kappa shape index (κ2) is 6.40. The molecule has 1 aromatic carbocycles. The number of carbonyl (C=O) groups excluding carboxylic acids is 2. The van der Waals surface area contributed by atoms with E-state index in [1.165, 1.54) is 11.3 Å². The molecule has 0 bridgehead atoms. The van der Waals surface area contributed by atoms with Gasteiger partial charge in [0, 0.05) is 23.9 Å². The van der Waals surface area contributed by atoms with Gasteiger partial charge in [0.05, 0.1) is 5.56 Å². The van der Waals surface area contributed by atoms with Gasteiger partial charge in [0.25, 0.3) is 5.91 Å². The maximum absolute atomic E-state index is 12.9. The van der Waals surface area contributed by atoms with Crippen LogP contribution in [0.1, 0.15) is 42.3 Å². The summed E-state index contributed by atoms with van der Waals surface area (Å²) in [5.41, 5.74) is 2.57. The van der Waals surface area contributed by atoms with Crippen LogP contribution in [0.2, 0.25) is 0 Å². The van der Waals surface area contributed by atoms with Crippen molar-refractivity contribution in [2.24, 2.45) is 0 Å². The fourth-order valence-electron chi connectivity index (χ4n) is 2.98. The van der Waals surface area contributed by atoms with E-state index in [1.54, 1.807) is 4.90 Å². The Morgan fingerprint density at radius 3 is 2.50 bits per heavy atom. The first-order valence-corrected chi connectivity index (χ1v) is 9.01. The van der Waals surface area contributed by atoms with Gasteiger partial charge in [0.15, 0.2) is 0 Å². The van der Waals surface area contributed by atoms with Gasteiger partial charge in [-0.1, -0.05) is 24.3 Å². The monoisotopic (exact) mass is 342 g/mol. The highest BCUT2D eigenvalue weighted by atomic mass is 32.1. The molecule has 0 unspecified atom stereocenters. The Hall–Kier alpha value is -2.14. The summed E-state index contributed by atoms with van der Waals surface area (Å²) in [6, 6.07) is 9.36. The van der Waals surface area contributed by atoms with Crippen LogP contribution < -0.4 is 5.32 Å². The van der Waals surface area contributed by atoms with Crippen molar-refractivity contribution in [1.29, 1.82) is 0 Å². The summed E-state index contributed by atoms with van der Waals surface area (Å²) in [5.74, 6) is -0.180. The second-order valence-electron chi connectivity index (χ2n) is 7.17. The van der Waals surface area contributed by atoms with Crippen molar-refractivity contribution >= 4 is 23.2 Å². The highest BCUT2D eigenvalue weighted by Gasteiger charge is 2.36. The Morgan fingerprint density at radius 2 is 1.88 bits per heavy atom. The summed E-state index contributed by atoms with van der Waals surface area (Å²) in [4.78, 5) is 27.4. The number of benzene rings is 1. The van der Waals surface area contributed by atoms with Crippen molar-refractivity contribution in [3.63, 3.8) is 0 Å². The Kier molecular flexibility index (Phi) is 4.45. The van der Waals surface area contributed by atoms with Crippen LogP contribution >= 0.6 is 11.3 Å². The lowest BCUT2D eigenvalue weighted by Crippen LogP contribution is -2.55. The molecule has 24 heavy (non-hydrogen) atoms. The highest BCUT2D eigenvalue weighted by molar-refractivity contribution is 7.08. The fraction of sp³-hybridized carbons (Fsp3) is 0.368. The van der Waals surface area contributed by atoms with E-state index in [0.717, 1.165) is 11.1 Å². The first-order valence-electron chi connectivity index (χ1n) is 8.07. The van der Waals surface area contributed by atoms with Crippen molar-refractivity contribution in [2.45, 2.75) is 45.3 Å². The van der Waals surface area contributed by atoms with Gasteiger partial charge in [-0.05, 0) is 43.3 Å². The average Bonchev–Trinajstić information content (AvgIpc) is 3.05. The van der Waals surface area contributed by atoms with Gasteiger partial charge in [0.1, 0.15) is 6.04 Å². The Labute approximate surface area is 146 Å². The van der Waals surface area contributed by atoms with E-state index in [4.69, 9.17) is 0 Å². The molecule has 5 heteroatoms. The van der Waals surface area contributed by atoms with Gasteiger partial charge in [-0.2, -0.15) is 11.3 Å². The Balaban J connectivity index is 1.93. The number of nitrogens with one attached hydrogen (secondary N) is 1. The number of thiophene rings is 1. The third kappa shape index (κ3) is 3.51. The molecule has 4 nitrogen and oxygen atoms in total. The van der Waals surface area contributed by atoms with Crippen LogP contribution in [0.3, 0.4) is 0 Å². The molecule has 126 valence electrons. The molecular weight excluding hydrogens is 320 g/mol. The van der Waals surface area contributed by atoms with Crippen LogP contribution in [0.5, 0.6) is 0 Å². The Morgan fingerprint density at radius 1 is 1.17 bits per heavy atom. The van der Waals surface area contributed by atoms with Gasteiger partial charge in [-0.25, -0.2) is 0 Å². The van der Waals surface area contributed by atoms with Crippen molar-refractivity contribution in [2.75, 3.05) is 0 Å². The molecule has 3 rings (SSSR count). The summed E-state index contributed by atoms with van der Waals surface area (Å²) in [6.45, 7) is 6.32. The molecule has 2 aromatic rings. The summed E-state index contributed by atoms with van der Waals surface area (Å²) < 4.78 is 0. The van der Waals surface area contributed by atoms with Gasteiger partial charge in [-0.15, -0.1) is 0 Å². The van der Waals surface area contributed by atoms with Crippen LogP contribution in [-0.4, -0.2) is 28.3 Å². The number of rotatable bonds is 2. The molecule has 0 saturated carbocycles. The first kappa shape index (κ1) is 16.7. The molecule has 0 spiro atoms. The van der Waals surface area contributed by atoms with Crippen molar-refractivity contribution in [3.8, 4) is 0 Å². The molecule has 0 fully saturated rings. The minimum absolute atomic E-state index is 0.0835. The van der Waals surface area contributed by atoms with Crippen molar-refractivity contribution < 1.29 is 9.59 Å². The topological polar surface area (TPSA) is 49.4 Å². The molecule has 0 radical (unpaired) electrons. The van der Waals surface area contributed by atoms with E-state index in [-0.39, 0.29) is 17.4 Å². The highest BCUT2D eigenvalue weighted by Crippen LogP contribution is 2.26. The molecular formula is C19H22N2O2S. The molecule has 1 aliphatic heterocycles. The summed E-state index contributed by atoms with van der Waals surface area (Å²) in [6.07, 6.45) is 0.550. The van der Waals surface area contributed by atoms with E-state index in [9.17, 15) is 9.59 Å². The summed E-state index contributed by atoms with van der Waals surface area (Å²) in [5, 5.41) is 6.74. The molecule has 0 aliphatic carbocycles. The molecule has 1 aliphatic rings. The minimum Gasteiger partial charge on any atom is -0.350 e. The lowest BCUT2D eigenvalue weighted by atomic mass is 9.92. The van der Waals surface area contributed by atoms with Crippen LogP contribution in [0.4, 0.5) is 0 Å². The molecule has 0 saturated heterocycles. The molecule has 2 amide bonds. The number of fused-ring (bicyclic) bond motifs is 1. The zero-order valence-electron chi connectivity index (χ0n) is 14.2. The fourth-order valence-corrected chi connectivity index (χ4v) is 3.61. The second-order valence-corrected chi connectivity index (χ2v) is 7.95. The van der Waals surface area contributed by atoms with Gasteiger partial charge in [-0.3, -0.25) is 9.59 Å². The number of amides is 2. The average molecular weight is 342 g/mol. The van der Waals surface area contributed by atoms with Gasteiger partial charge in [0.2, 0.25) is 5.91 Å². The van der Waals surface area contributed by atoms with Gasteiger partial charge >= 0.3 is 0 Å². The standard InChI is InChI=1S/C19H22N2O2S/c1-19(2,3)20-17(22)16-10-13-6-4-5-7-14(13)11-21(16)18(23)15-8-9-24-12-15/h4-9,12,16H,10-11H2,1-3H3,(H,20,22)/t16-/m0/s1. The van der Waals surface area contributed by atoms with Crippen molar-refractivity contribution in [3.05, 3.63) is 57.8 Å².